The molecule has 0 amide bonds. The first-order chi connectivity index (χ1) is 7.83. The Morgan fingerprint density at radius 1 is 1.19 bits per heavy atom. The number of ether oxygens (including phenoxy) is 1. The molecule has 0 aromatic heterocycles. The average molecular weight is 231 g/mol. The minimum absolute atomic E-state index is 0.0376. The van der Waals surface area contributed by atoms with E-state index in [1.54, 1.807) is 0 Å². The number of carbonyl (C=O) groups is 1. The van der Waals surface area contributed by atoms with E-state index in [0.717, 1.165) is 25.9 Å². The third-order valence-corrected chi connectivity index (χ3v) is 2.22. The number of nitrogens with one attached hydrogen (secondary N) is 1. The lowest BCUT2D eigenvalue weighted by Crippen LogP contribution is -2.29. The molecule has 0 unspecified atom stereocenters. The molecule has 1 aliphatic rings. The fourth-order valence-electron chi connectivity index (χ4n) is 1.54. The lowest BCUT2D eigenvalue weighted by molar-refractivity contribution is -0.144. The molecule has 0 radical (unpaired) electrons. The highest BCUT2D eigenvalue weighted by molar-refractivity contribution is 5.69. The molecule has 0 aromatic rings. The van der Waals surface area contributed by atoms with Gasteiger partial charge in [0.25, 0.3) is 0 Å². The molecular weight excluding hydrogens is 202 g/mol. The van der Waals surface area contributed by atoms with Gasteiger partial charge in [0.05, 0.1) is 6.61 Å². The van der Waals surface area contributed by atoms with Crippen LogP contribution in [0.1, 0.15) is 53.9 Å². The van der Waals surface area contributed by atoms with Gasteiger partial charge in [0.2, 0.25) is 0 Å². The van der Waals surface area contributed by atoms with Crippen molar-refractivity contribution in [2.24, 2.45) is 5.92 Å². The van der Waals surface area contributed by atoms with E-state index in [-0.39, 0.29) is 5.97 Å². The van der Waals surface area contributed by atoms with Crippen molar-refractivity contribution in [2.45, 2.75) is 53.9 Å². The maximum atomic E-state index is 11.1. The summed E-state index contributed by atoms with van der Waals surface area (Å²) in [7, 11) is 0. The van der Waals surface area contributed by atoms with Gasteiger partial charge in [-0.05, 0) is 38.8 Å². The van der Waals surface area contributed by atoms with Crippen molar-refractivity contribution in [1.82, 2.24) is 5.32 Å². The second-order valence-electron chi connectivity index (χ2n) is 3.20. The third-order valence-electron chi connectivity index (χ3n) is 2.22. The summed E-state index contributed by atoms with van der Waals surface area (Å²) in [5.41, 5.74) is 0. The standard InChI is InChI=1S/C9H17NO2.2C2H6/c1-2-12-9(11)7-8-3-5-10-6-4-8;2*1-2/h8,10H,2-7H2,1H3;2*1-2H3. The zero-order chi connectivity index (χ0) is 12.8. The maximum absolute atomic E-state index is 11.1. The molecule has 16 heavy (non-hydrogen) atoms. The normalized spacial score (nSPS) is 15.1. The summed E-state index contributed by atoms with van der Waals surface area (Å²) in [5, 5.41) is 3.27. The molecule has 1 aliphatic heterocycles. The monoisotopic (exact) mass is 231 g/mol. The van der Waals surface area contributed by atoms with Gasteiger partial charge in [-0.15, -0.1) is 0 Å². The van der Waals surface area contributed by atoms with E-state index in [0.29, 0.717) is 18.9 Å². The fraction of sp³-hybridized carbons (Fsp3) is 0.923. The number of esters is 1. The van der Waals surface area contributed by atoms with Crippen LogP contribution in [0.4, 0.5) is 0 Å². The molecular formula is C13H29NO2. The predicted molar refractivity (Wildman–Crippen MR) is 69.5 cm³/mol. The van der Waals surface area contributed by atoms with E-state index < -0.39 is 0 Å². The van der Waals surface area contributed by atoms with E-state index in [1.165, 1.54) is 0 Å². The summed E-state index contributed by atoms with van der Waals surface area (Å²) in [6.45, 7) is 12.4. The highest BCUT2D eigenvalue weighted by atomic mass is 16.5. The number of carbonyl (C=O) groups excluding carboxylic acids is 1. The zero-order valence-electron chi connectivity index (χ0n) is 11.6. The Hall–Kier alpha value is -0.570. The second kappa shape index (κ2) is 14.4. The van der Waals surface area contributed by atoms with E-state index in [4.69, 9.17) is 4.74 Å². The van der Waals surface area contributed by atoms with Crippen LogP contribution in [0, 0.1) is 5.92 Å². The SMILES string of the molecule is CC.CC.CCOC(=O)CC1CCNCC1. The molecule has 0 aliphatic carbocycles. The van der Waals surface area contributed by atoms with Crippen LogP contribution in [0.3, 0.4) is 0 Å². The predicted octanol–water partition coefficient (Wildman–Crippen LogP) is 2.99. The molecule has 3 nitrogen and oxygen atoms in total. The number of hydrogen-bond donors (Lipinski definition) is 1. The summed E-state index contributed by atoms with van der Waals surface area (Å²) in [6.07, 6.45) is 2.83. The molecule has 98 valence electrons. The second-order valence-corrected chi connectivity index (χ2v) is 3.20. The van der Waals surface area contributed by atoms with Crippen LogP contribution in [0.2, 0.25) is 0 Å². The van der Waals surface area contributed by atoms with E-state index in [1.807, 2.05) is 34.6 Å². The topological polar surface area (TPSA) is 38.3 Å². The van der Waals surface area contributed by atoms with Crippen molar-refractivity contribution in [3.8, 4) is 0 Å². The number of rotatable bonds is 3. The summed E-state index contributed by atoms with van der Waals surface area (Å²) in [5.74, 6) is 0.509. The first kappa shape index (κ1) is 17.8. The Labute approximate surface area is 101 Å². The quantitative estimate of drug-likeness (QED) is 0.759. The van der Waals surface area contributed by atoms with Crippen molar-refractivity contribution in [1.29, 1.82) is 0 Å². The van der Waals surface area contributed by atoms with E-state index in [2.05, 4.69) is 5.32 Å². The van der Waals surface area contributed by atoms with Crippen LogP contribution in [-0.4, -0.2) is 25.7 Å². The number of hydrogen-bond acceptors (Lipinski definition) is 3. The molecule has 0 spiro atoms. The Morgan fingerprint density at radius 3 is 2.12 bits per heavy atom. The van der Waals surface area contributed by atoms with Gasteiger partial charge in [-0.3, -0.25) is 4.79 Å². The first-order valence-electron chi connectivity index (χ1n) is 6.69. The van der Waals surface area contributed by atoms with Crippen molar-refractivity contribution in [3.63, 3.8) is 0 Å². The van der Waals surface area contributed by atoms with Gasteiger partial charge >= 0.3 is 5.97 Å². The van der Waals surface area contributed by atoms with Crippen LogP contribution in [0.5, 0.6) is 0 Å². The van der Waals surface area contributed by atoms with Crippen molar-refractivity contribution in [3.05, 3.63) is 0 Å². The molecule has 0 aromatic carbocycles. The minimum Gasteiger partial charge on any atom is -0.466 e. The molecule has 0 bridgehead atoms. The fourth-order valence-corrected chi connectivity index (χ4v) is 1.54. The highest BCUT2D eigenvalue weighted by Gasteiger charge is 2.16. The molecule has 1 rings (SSSR count). The van der Waals surface area contributed by atoms with Gasteiger partial charge in [-0.1, -0.05) is 27.7 Å². The van der Waals surface area contributed by atoms with Gasteiger partial charge in [0.15, 0.2) is 0 Å². The summed E-state index contributed by atoms with van der Waals surface area (Å²) >= 11 is 0. The van der Waals surface area contributed by atoms with Gasteiger partial charge in [-0.2, -0.15) is 0 Å². The number of piperidine rings is 1. The zero-order valence-corrected chi connectivity index (χ0v) is 11.6. The van der Waals surface area contributed by atoms with Gasteiger partial charge in [0, 0.05) is 6.42 Å². The first-order valence-corrected chi connectivity index (χ1v) is 6.69. The molecule has 1 N–H and O–H groups in total. The third kappa shape index (κ3) is 9.97. The van der Waals surface area contributed by atoms with Crippen LogP contribution < -0.4 is 5.32 Å². The highest BCUT2D eigenvalue weighted by Crippen LogP contribution is 2.16. The van der Waals surface area contributed by atoms with E-state index in [9.17, 15) is 4.79 Å². The summed E-state index contributed by atoms with van der Waals surface area (Å²) in [4.78, 5) is 11.1. The van der Waals surface area contributed by atoms with Crippen LogP contribution in [0.25, 0.3) is 0 Å². The average Bonchev–Trinajstić information content (AvgIpc) is 2.36. The van der Waals surface area contributed by atoms with Crippen molar-refractivity contribution in [2.75, 3.05) is 19.7 Å². The van der Waals surface area contributed by atoms with Crippen LogP contribution in [0.15, 0.2) is 0 Å². The molecule has 3 heteroatoms. The Bertz CT molecular complexity index is 143. The molecule has 0 saturated carbocycles. The smallest absolute Gasteiger partial charge is 0.306 e. The Kier molecular flexibility index (Phi) is 16.1. The Balaban J connectivity index is 0. The van der Waals surface area contributed by atoms with Gasteiger partial charge in [0.1, 0.15) is 0 Å². The molecule has 0 atom stereocenters. The van der Waals surface area contributed by atoms with Gasteiger partial charge in [-0.25, -0.2) is 0 Å². The molecule has 1 fully saturated rings. The maximum Gasteiger partial charge on any atom is 0.306 e. The molecule has 1 heterocycles. The van der Waals surface area contributed by atoms with Crippen molar-refractivity contribution >= 4 is 5.97 Å². The summed E-state index contributed by atoms with van der Waals surface area (Å²) in [6, 6.07) is 0. The largest absolute Gasteiger partial charge is 0.466 e. The van der Waals surface area contributed by atoms with Crippen molar-refractivity contribution < 1.29 is 9.53 Å². The van der Waals surface area contributed by atoms with Crippen LogP contribution >= 0.6 is 0 Å². The lowest BCUT2D eigenvalue weighted by atomic mass is 9.95. The van der Waals surface area contributed by atoms with E-state index >= 15 is 0 Å². The molecule has 1 saturated heterocycles. The lowest BCUT2D eigenvalue weighted by Gasteiger charge is -2.21. The summed E-state index contributed by atoms with van der Waals surface area (Å²) < 4.78 is 4.89. The minimum atomic E-state index is -0.0376. The Morgan fingerprint density at radius 2 is 1.69 bits per heavy atom. The van der Waals surface area contributed by atoms with Crippen LogP contribution in [-0.2, 0) is 9.53 Å². The van der Waals surface area contributed by atoms with Gasteiger partial charge < -0.3 is 10.1 Å².